The van der Waals surface area contributed by atoms with Crippen LogP contribution < -0.4 is 15.4 Å². The topological polar surface area (TPSA) is 80.6 Å². The molecule has 0 aliphatic carbocycles. The molecule has 0 bridgehead atoms. The standard InChI is InChI=1S/C22H19F3N2O4/c1-13-4-3-5-14(2)20(13)31-12-19(28)27-18-7-6-16(10-17(18)22(23,24)25)26-21(29)15-8-9-30-11-15/h3-11H,12H2,1-2H3,(H,26,29)(H,27,28). The van der Waals surface area contributed by atoms with Gasteiger partial charge in [0.1, 0.15) is 12.0 Å². The normalized spacial score (nSPS) is 11.1. The van der Waals surface area contributed by atoms with Gasteiger partial charge in [-0.25, -0.2) is 0 Å². The van der Waals surface area contributed by atoms with Gasteiger partial charge < -0.3 is 19.8 Å². The number of amides is 2. The number of benzene rings is 2. The molecule has 162 valence electrons. The van der Waals surface area contributed by atoms with Crippen molar-refractivity contribution in [2.24, 2.45) is 0 Å². The lowest BCUT2D eigenvalue weighted by atomic mass is 10.1. The predicted molar refractivity (Wildman–Crippen MR) is 108 cm³/mol. The smallest absolute Gasteiger partial charge is 0.418 e. The van der Waals surface area contributed by atoms with Crippen LogP contribution in [-0.4, -0.2) is 18.4 Å². The number of rotatable bonds is 6. The van der Waals surface area contributed by atoms with Crippen LogP contribution in [-0.2, 0) is 11.0 Å². The summed E-state index contributed by atoms with van der Waals surface area (Å²) in [4.78, 5) is 24.3. The van der Waals surface area contributed by atoms with Gasteiger partial charge in [0, 0.05) is 5.69 Å². The van der Waals surface area contributed by atoms with E-state index in [0.717, 1.165) is 23.3 Å². The molecule has 1 heterocycles. The van der Waals surface area contributed by atoms with Crippen molar-refractivity contribution in [3.05, 3.63) is 77.2 Å². The zero-order chi connectivity index (χ0) is 22.6. The molecule has 0 atom stereocenters. The number of hydrogen-bond donors (Lipinski definition) is 2. The number of alkyl halides is 3. The van der Waals surface area contributed by atoms with Crippen LogP contribution >= 0.6 is 0 Å². The van der Waals surface area contributed by atoms with E-state index in [9.17, 15) is 22.8 Å². The Morgan fingerprint density at radius 1 is 1.03 bits per heavy atom. The second-order valence-electron chi connectivity index (χ2n) is 6.78. The van der Waals surface area contributed by atoms with Gasteiger partial charge in [-0.1, -0.05) is 18.2 Å². The third-order valence-electron chi connectivity index (χ3n) is 4.40. The second-order valence-corrected chi connectivity index (χ2v) is 6.78. The Kier molecular flexibility index (Phi) is 6.33. The number of carbonyl (C=O) groups excluding carboxylic acids is 2. The molecule has 0 aliphatic rings. The summed E-state index contributed by atoms with van der Waals surface area (Å²) < 4.78 is 50.9. The molecule has 6 nitrogen and oxygen atoms in total. The van der Waals surface area contributed by atoms with Gasteiger partial charge in [0.2, 0.25) is 0 Å². The van der Waals surface area contributed by atoms with Crippen molar-refractivity contribution in [1.29, 1.82) is 0 Å². The quantitative estimate of drug-likeness (QED) is 0.562. The number of aryl methyl sites for hydroxylation is 2. The molecule has 0 fully saturated rings. The van der Waals surface area contributed by atoms with Crippen molar-refractivity contribution >= 4 is 23.2 Å². The first kappa shape index (κ1) is 21.9. The van der Waals surface area contributed by atoms with Crippen LogP contribution in [0.15, 0.2) is 59.4 Å². The number of carbonyl (C=O) groups is 2. The summed E-state index contributed by atoms with van der Waals surface area (Å²) in [6.45, 7) is 3.15. The molecule has 0 aliphatic heterocycles. The molecule has 2 N–H and O–H groups in total. The third-order valence-corrected chi connectivity index (χ3v) is 4.40. The van der Waals surface area contributed by atoms with E-state index >= 15 is 0 Å². The molecular weight excluding hydrogens is 413 g/mol. The Morgan fingerprint density at radius 2 is 1.74 bits per heavy atom. The van der Waals surface area contributed by atoms with E-state index in [1.807, 2.05) is 6.07 Å². The van der Waals surface area contributed by atoms with E-state index in [4.69, 9.17) is 9.15 Å². The summed E-state index contributed by atoms with van der Waals surface area (Å²) in [5, 5.41) is 4.58. The van der Waals surface area contributed by atoms with E-state index < -0.39 is 35.8 Å². The highest BCUT2D eigenvalue weighted by Gasteiger charge is 2.34. The largest absolute Gasteiger partial charge is 0.483 e. The van der Waals surface area contributed by atoms with Crippen LogP contribution in [0.1, 0.15) is 27.0 Å². The Bertz CT molecular complexity index is 1070. The fourth-order valence-corrected chi connectivity index (χ4v) is 2.91. The molecular formula is C22H19F3N2O4. The van der Waals surface area contributed by atoms with Gasteiger partial charge in [0.15, 0.2) is 6.61 Å². The maximum atomic E-state index is 13.5. The van der Waals surface area contributed by atoms with Crippen molar-refractivity contribution in [3.63, 3.8) is 0 Å². The van der Waals surface area contributed by atoms with Crippen molar-refractivity contribution in [2.45, 2.75) is 20.0 Å². The Morgan fingerprint density at radius 3 is 2.35 bits per heavy atom. The predicted octanol–water partition coefficient (Wildman–Crippen LogP) is 5.19. The number of halogens is 3. The van der Waals surface area contributed by atoms with Crippen molar-refractivity contribution in [2.75, 3.05) is 17.2 Å². The summed E-state index contributed by atoms with van der Waals surface area (Å²) in [6, 6.07) is 9.90. The summed E-state index contributed by atoms with van der Waals surface area (Å²) in [7, 11) is 0. The highest BCUT2D eigenvalue weighted by Crippen LogP contribution is 2.36. The Hall–Kier alpha value is -3.75. The zero-order valence-electron chi connectivity index (χ0n) is 16.7. The molecule has 2 amide bonds. The van der Waals surface area contributed by atoms with Gasteiger partial charge in [0.05, 0.1) is 23.1 Å². The van der Waals surface area contributed by atoms with Crippen molar-refractivity contribution in [1.82, 2.24) is 0 Å². The van der Waals surface area contributed by atoms with E-state index in [1.54, 1.807) is 26.0 Å². The second kappa shape index (κ2) is 8.95. The number of hydrogen-bond acceptors (Lipinski definition) is 4. The molecule has 31 heavy (non-hydrogen) atoms. The van der Waals surface area contributed by atoms with E-state index in [0.29, 0.717) is 5.75 Å². The molecule has 0 radical (unpaired) electrons. The number of para-hydroxylation sites is 1. The third kappa shape index (κ3) is 5.44. The van der Waals surface area contributed by atoms with E-state index in [-0.39, 0.29) is 11.3 Å². The first-order valence-corrected chi connectivity index (χ1v) is 9.19. The van der Waals surface area contributed by atoms with Crippen molar-refractivity contribution < 1.29 is 31.9 Å². The first-order valence-electron chi connectivity index (χ1n) is 9.19. The maximum Gasteiger partial charge on any atom is 0.418 e. The van der Waals surface area contributed by atoms with Crippen LogP contribution in [0.3, 0.4) is 0 Å². The SMILES string of the molecule is Cc1cccc(C)c1OCC(=O)Nc1ccc(NC(=O)c2ccoc2)cc1C(F)(F)F. The molecule has 3 aromatic rings. The van der Waals surface area contributed by atoms with Crippen LogP contribution in [0.5, 0.6) is 5.75 Å². The minimum absolute atomic E-state index is 0.0803. The summed E-state index contributed by atoms with van der Waals surface area (Å²) in [6.07, 6.45) is -2.31. The lowest BCUT2D eigenvalue weighted by Gasteiger charge is -2.16. The highest BCUT2D eigenvalue weighted by atomic mass is 19.4. The maximum absolute atomic E-state index is 13.5. The van der Waals surface area contributed by atoms with E-state index in [1.165, 1.54) is 24.7 Å². The number of ether oxygens (including phenoxy) is 1. The highest BCUT2D eigenvalue weighted by molar-refractivity contribution is 6.04. The molecule has 3 rings (SSSR count). The molecule has 0 spiro atoms. The molecule has 9 heteroatoms. The fraction of sp³-hybridized carbons (Fsp3) is 0.182. The number of furan rings is 1. The fourth-order valence-electron chi connectivity index (χ4n) is 2.91. The average Bonchev–Trinajstić information content (AvgIpc) is 3.23. The molecule has 1 aromatic heterocycles. The van der Waals surface area contributed by atoms with Gasteiger partial charge in [-0.05, 0) is 49.2 Å². The van der Waals surface area contributed by atoms with Gasteiger partial charge in [0.25, 0.3) is 11.8 Å². The van der Waals surface area contributed by atoms with Crippen LogP contribution in [0.2, 0.25) is 0 Å². The molecule has 0 saturated heterocycles. The average molecular weight is 432 g/mol. The summed E-state index contributed by atoms with van der Waals surface area (Å²) in [5.41, 5.74) is 0.155. The number of nitrogens with one attached hydrogen (secondary N) is 2. The first-order chi connectivity index (χ1) is 14.6. The summed E-state index contributed by atoms with van der Waals surface area (Å²) in [5.74, 6) is -0.866. The summed E-state index contributed by atoms with van der Waals surface area (Å²) >= 11 is 0. The van der Waals surface area contributed by atoms with Crippen molar-refractivity contribution in [3.8, 4) is 5.75 Å². The van der Waals surface area contributed by atoms with Crippen LogP contribution in [0, 0.1) is 13.8 Å². The zero-order valence-corrected chi connectivity index (χ0v) is 16.7. The Balaban J connectivity index is 1.74. The molecule has 2 aromatic carbocycles. The lowest BCUT2D eigenvalue weighted by molar-refractivity contribution is -0.137. The Labute approximate surface area is 176 Å². The van der Waals surface area contributed by atoms with Gasteiger partial charge in [-0.3, -0.25) is 9.59 Å². The van der Waals surface area contributed by atoms with Crippen LogP contribution in [0.25, 0.3) is 0 Å². The minimum atomic E-state index is -4.76. The molecule has 0 saturated carbocycles. The monoisotopic (exact) mass is 432 g/mol. The number of anilines is 2. The molecule has 0 unspecified atom stereocenters. The van der Waals surface area contributed by atoms with Gasteiger partial charge >= 0.3 is 6.18 Å². The van der Waals surface area contributed by atoms with Gasteiger partial charge in [-0.15, -0.1) is 0 Å². The van der Waals surface area contributed by atoms with Crippen LogP contribution in [0.4, 0.5) is 24.5 Å². The minimum Gasteiger partial charge on any atom is -0.483 e. The van der Waals surface area contributed by atoms with Gasteiger partial charge in [-0.2, -0.15) is 13.2 Å². The van der Waals surface area contributed by atoms with E-state index in [2.05, 4.69) is 10.6 Å². The lowest BCUT2D eigenvalue weighted by Crippen LogP contribution is -2.23.